The Labute approximate surface area is 172 Å². The van der Waals surface area contributed by atoms with Crippen LogP contribution in [0, 0.1) is 6.92 Å². The number of benzene rings is 3. The summed E-state index contributed by atoms with van der Waals surface area (Å²) in [5, 5.41) is 0. The Bertz CT molecular complexity index is 966. The van der Waals surface area contributed by atoms with E-state index in [1.807, 2.05) is 43.3 Å². The Morgan fingerprint density at radius 1 is 0.893 bits per heavy atom. The van der Waals surface area contributed by atoms with Crippen LogP contribution in [-0.2, 0) is 11.3 Å². The van der Waals surface area contributed by atoms with E-state index in [0.29, 0.717) is 23.5 Å². The van der Waals surface area contributed by atoms with Gasteiger partial charge in [-0.25, -0.2) is 4.79 Å². The molecular weight excluding hydrogens is 420 g/mol. The molecule has 28 heavy (non-hydrogen) atoms. The fourth-order valence-corrected chi connectivity index (χ4v) is 2.87. The molecule has 0 saturated carbocycles. The summed E-state index contributed by atoms with van der Waals surface area (Å²) >= 11 is 3.38. The second-order valence-corrected chi connectivity index (χ2v) is 7.12. The first-order chi connectivity index (χ1) is 13.5. The second-order valence-electron chi connectivity index (χ2n) is 6.26. The summed E-state index contributed by atoms with van der Waals surface area (Å²) in [7, 11) is 0. The van der Waals surface area contributed by atoms with E-state index in [1.165, 1.54) is 0 Å². The van der Waals surface area contributed by atoms with Crippen molar-refractivity contribution in [2.24, 2.45) is 0 Å². The maximum Gasteiger partial charge on any atom is 0.338 e. The number of ketones is 1. The maximum absolute atomic E-state index is 12.3. The van der Waals surface area contributed by atoms with Gasteiger partial charge in [0.25, 0.3) is 0 Å². The third-order valence-electron chi connectivity index (χ3n) is 4.17. The molecule has 0 atom stereocenters. The zero-order valence-electron chi connectivity index (χ0n) is 15.4. The molecule has 0 fully saturated rings. The van der Waals surface area contributed by atoms with Crippen LogP contribution in [0.3, 0.4) is 0 Å². The Kier molecular flexibility index (Phi) is 6.61. The highest BCUT2D eigenvalue weighted by atomic mass is 79.9. The van der Waals surface area contributed by atoms with Crippen LogP contribution in [0.5, 0.6) is 5.75 Å². The quantitative estimate of drug-likeness (QED) is 0.367. The minimum absolute atomic E-state index is 0.269. The first kappa shape index (κ1) is 19.8. The fraction of sp³-hybridized carbons (Fsp3) is 0.130. The number of esters is 1. The normalized spacial score (nSPS) is 10.4. The van der Waals surface area contributed by atoms with E-state index in [0.717, 1.165) is 15.6 Å². The molecule has 5 heteroatoms. The average Bonchev–Trinajstić information content (AvgIpc) is 2.73. The van der Waals surface area contributed by atoms with Crippen molar-refractivity contribution in [2.45, 2.75) is 13.5 Å². The van der Waals surface area contributed by atoms with Crippen LogP contribution in [0.4, 0.5) is 0 Å². The molecule has 0 aliphatic carbocycles. The Morgan fingerprint density at radius 3 is 2.25 bits per heavy atom. The lowest BCUT2D eigenvalue weighted by molar-refractivity contribution is 0.0474. The third-order valence-corrected chi connectivity index (χ3v) is 5.02. The molecule has 0 bridgehead atoms. The lowest BCUT2D eigenvalue weighted by Gasteiger charge is -2.08. The number of hydrogen-bond acceptors (Lipinski definition) is 4. The highest BCUT2D eigenvalue weighted by Gasteiger charge is 2.13. The molecule has 0 spiro atoms. The Morgan fingerprint density at radius 2 is 1.57 bits per heavy atom. The predicted molar refractivity (Wildman–Crippen MR) is 111 cm³/mol. The molecule has 0 aromatic heterocycles. The first-order valence-corrected chi connectivity index (χ1v) is 9.55. The predicted octanol–water partition coefficient (Wildman–Crippen LogP) is 5.38. The monoisotopic (exact) mass is 438 g/mol. The molecular formula is C23H19BrO4. The lowest BCUT2D eigenvalue weighted by atomic mass is 10.1. The molecule has 0 N–H and O–H groups in total. The first-order valence-electron chi connectivity index (χ1n) is 8.76. The highest BCUT2D eigenvalue weighted by Crippen LogP contribution is 2.18. The lowest BCUT2D eigenvalue weighted by Crippen LogP contribution is -2.14. The van der Waals surface area contributed by atoms with Crippen LogP contribution >= 0.6 is 15.9 Å². The molecule has 4 nitrogen and oxygen atoms in total. The van der Waals surface area contributed by atoms with Crippen LogP contribution in [0.1, 0.15) is 31.8 Å². The van der Waals surface area contributed by atoms with E-state index in [9.17, 15) is 9.59 Å². The van der Waals surface area contributed by atoms with Crippen molar-refractivity contribution in [3.8, 4) is 5.75 Å². The molecule has 3 aromatic carbocycles. The van der Waals surface area contributed by atoms with E-state index in [2.05, 4.69) is 15.9 Å². The highest BCUT2D eigenvalue weighted by molar-refractivity contribution is 9.10. The summed E-state index contributed by atoms with van der Waals surface area (Å²) < 4.78 is 11.7. The Balaban J connectivity index is 1.52. The molecule has 0 heterocycles. The van der Waals surface area contributed by atoms with Gasteiger partial charge in [0.1, 0.15) is 12.4 Å². The fourth-order valence-electron chi connectivity index (χ4n) is 2.50. The van der Waals surface area contributed by atoms with Crippen molar-refractivity contribution in [1.29, 1.82) is 0 Å². The zero-order chi connectivity index (χ0) is 19.9. The van der Waals surface area contributed by atoms with Gasteiger partial charge in [-0.15, -0.1) is 0 Å². The van der Waals surface area contributed by atoms with Crippen LogP contribution < -0.4 is 4.74 Å². The number of Topliss-reactive ketones (excluding diaryl/α,β-unsaturated/α-hetero) is 1. The van der Waals surface area contributed by atoms with E-state index < -0.39 is 5.97 Å². The van der Waals surface area contributed by atoms with Gasteiger partial charge in [-0.2, -0.15) is 0 Å². The van der Waals surface area contributed by atoms with E-state index in [4.69, 9.17) is 9.47 Å². The minimum Gasteiger partial charge on any atom is -0.489 e. The molecule has 0 aliphatic rings. The van der Waals surface area contributed by atoms with Gasteiger partial charge < -0.3 is 9.47 Å². The van der Waals surface area contributed by atoms with Crippen LogP contribution in [0.15, 0.2) is 77.3 Å². The summed E-state index contributed by atoms with van der Waals surface area (Å²) in [4.78, 5) is 24.4. The van der Waals surface area contributed by atoms with Crippen molar-refractivity contribution in [1.82, 2.24) is 0 Å². The van der Waals surface area contributed by atoms with Gasteiger partial charge in [0, 0.05) is 10.0 Å². The van der Waals surface area contributed by atoms with Crippen molar-refractivity contribution in [3.05, 3.63) is 99.5 Å². The minimum atomic E-state index is -0.531. The molecule has 0 radical (unpaired) electrons. The summed E-state index contributed by atoms with van der Waals surface area (Å²) in [5.41, 5.74) is 2.94. The van der Waals surface area contributed by atoms with Gasteiger partial charge in [0.2, 0.25) is 0 Å². The Hall–Kier alpha value is -2.92. The van der Waals surface area contributed by atoms with Crippen LogP contribution in [0.2, 0.25) is 0 Å². The van der Waals surface area contributed by atoms with E-state index in [-0.39, 0.29) is 12.4 Å². The largest absolute Gasteiger partial charge is 0.489 e. The zero-order valence-corrected chi connectivity index (χ0v) is 16.9. The number of carbonyl (C=O) groups is 2. The van der Waals surface area contributed by atoms with Gasteiger partial charge in [0.05, 0.1) is 5.56 Å². The van der Waals surface area contributed by atoms with Gasteiger partial charge in [-0.05, 0) is 54.4 Å². The van der Waals surface area contributed by atoms with Crippen LogP contribution in [-0.4, -0.2) is 18.4 Å². The number of aryl methyl sites for hydroxylation is 1. The average molecular weight is 439 g/mol. The van der Waals surface area contributed by atoms with Crippen LogP contribution in [0.25, 0.3) is 0 Å². The summed E-state index contributed by atoms with van der Waals surface area (Å²) in [5.74, 6) is -0.132. The van der Waals surface area contributed by atoms with Crippen molar-refractivity contribution >= 4 is 27.7 Å². The number of hydrogen-bond donors (Lipinski definition) is 0. The summed E-state index contributed by atoms with van der Waals surface area (Å²) in [6.07, 6.45) is 0. The third kappa shape index (κ3) is 5.30. The molecule has 142 valence electrons. The van der Waals surface area contributed by atoms with Gasteiger partial charge in [-0.1, -0.05) is 52.3 Å². The second kappa shape index (κ2) is 9.33. The van der Waals surface area contributed by atoms with Crippen molar-refractivity contribution in [3.63, 3.8) is 0 Å². The molecule has 3 rings (SSSR count). The number of rotatable bonds is 7. The molecule has 3 aromatic rings. The maximum atomic E-state index is 12.3. The topological polar surface area (TPSA) is 52.6 Å². The van der Waals surface area contributed by atoms with E-state index in [1.54, 1.807) is 36.4 Å². The van der Waals surface area contributed by atoms with Crippen molar-refractivity contribution < 1.29 is 19.1 Å². The number of ether oxygens (including phenoxy) is 2. The standard InChI is InChI=1S/C23H19BrO4/c1-16-7-8-19(13-21(16)24)23(26)28-15-22(25)18-9-11-20(12-10-18)27-14-17-5-3-2-4-6-17/h2-13H,14-15H2,1H3. The SMILES string of the molecule is Cc1ccc(C(=O)OCC(=O)c2ccc(OCc3ccccc3)cc2)cc1Br. The van der Waals surface area contributed by atoms with Gasteiger partial charge in [-0.3, -0.25) is 4.79 Å². The number of halogens is 1. The van der Waals surface area contributed by atoms with Crippen molar-refractivity contribution in [2.75, 3.05) is 6.61 Å². The van der Waals surface area contributed by atoms with Gasteiger partial charge >= 0.3 is 5.97 Å². The van der Waals surface area contributed by atoms with Gasteiger partial charge in [0.15, 0.2) is 12.4 Å². The molecule has 0 saturated heterocycles. The number of carbonyl (C=O) groups excluding carboxylic acids is 2. The van der Waals surface area contributed by atoms with E-state index >= 15 is 0 Å². The smallest absolute Gasteiger partial charge is 0.338 e. The molecule has 0 unspecified atom stereocenters. The summed E-state index contributed by atoms with van der Waals surface area (Å²) in [6, 6.07) is 21.8. The molecule has 0 amide bonds. The summed E-state index contributed by atoms with van der Waals surface area (Å²) in [6.45, 7) is 2.07. The molecule has 0 aliphatic heterocycles.